The molecule has 0 aliphatic carbocycles. The summed E-state index contributed by atoms with van der Waals surface area (Å²) in [7, 11) is 8.04. The Labute approximate surface area is 191 Å². The lowest BCUT2D eigenvalue weighted by molar-refractivity contribution is 0.172. The van der Waals surface area contributed by atoms with E-state index in [0.717, 1.165) is 45.2 Å². The van der Waals surface area contributed by atoms with Crippen molar-refractivity contribution in [3.63, 3.8) is 0 Å². The van der Waals surface area contributed by atoms with Crippen LogP contribution >= 0.6 is 0 Å². The van der Waals surface area contributed by atoms with E-state index in [2.05, 4.69) is 92.9 Å². The lowest BCUT2D eigenvalue weighted by Gasteiger charge is -2.37. The highest BCUT2D eigenvalue weighted by atomic mass is 15.3. The maximum atomic E-state index is 4.57. The van der Waals surface area contributed by atoms with E-state index in [1.165, 1.54) is 21.9 Å². The zero-order valence-corrected chi connectivity index (χ0v) is 19.7. The molecule has 32 heavy (non-hydrogen) atoms. The molecule has 1 unspecified atom stereocenters. The van der Waals surface area contributed by atoms with Gasteiger partial charge in [0.15, 0.2) is 5.96 Å². The van der Waals surface area contributed by atoms with Gasteiger partial charge in [-0.1, -0.05) is 42.5 Å². The summed E-state index contributed by atoms with van der Waals surface area (Å²) in [6, 6.07) is 15.5. The number of nitrogens with one attached hydrogen (secondary N) is 1. The Bertz CT molecular complexity index is 1040. The molecule has 7 nitrogen and oxygen atoms in total. The van der Waals surface area contributed by atoms with Crippen molar-refractivity contribution in [2.75, 3.05) is 53.9 Å². The minimum atomic E-state index is 0.244. The monoisotopic (exact) mass is 433 g/mol. The summed E-state index contributed by atoms with van der Waals surface area (Å²) in [5, 5.41) is 10.6. The lowest BCUT2D eigenvalue weighted by atomic mass is 10.0. The molecule has 3 aromatic rings. The first-order valence-electron chi connectivity index (χ1n) is 11.3. The van der Waals surface area contributed by atoms with E-state index >= 15 is 0 Å². The number of aryl methyl sites for hydroxylation is 1. The number of guanidine groups is 1. The molecule has 1 saturated heterocycles. The number of piperazine rings is 1. The molecule has 7 heteroatoms. The second-order valence-corrected chi connectivity index (χ2v) is 8.76. The molecule has 0 amide bonds. The average molecular weight is 434 g/mol. The van der Waals surface area contributed by atoms with Gasteiger partial charge in [0.2, 0.25) is 0 Å². The van der Waals surface area contributed by atoms with Crippen LogP contribution in [0.5, 0.6) is 0 Å². The molecular weight excluding hydrogens is 398 g/mol. The number of hydrogen-bond acceptors (Lipinski definition) is 4. The molecule has 0 saturated carbocycles. The predicted octanol–water partition coefficient (Wildman–Crippen LogP) is 2.57. The highest BCUT2D eigenvalue weighted by Gasteiger charge is 2.22. The number of rotatable bonds is 6. The Hall–Kier alpha value is -2.90. The van der Waals surface area contributed by atoms with Gasteiger partial charge in [0.25, 0.3) is 0 Å². The number of likely N-dealkylation sites (N-methyl/N-ethyl adjacent to an activating group) is 1. The number of fused-ring (bicyclic) bond motifs is 1. The molecule has 2 heterocycles. The van der Waals surface area contributed by atoms with E-state index in [-0.39, 0.29) is 6.04 Å². The molecule has 1 aliphatic heterocycles. The Morgan fingerprint density at radius 2 is 1.84 bits per heavy atom. The van der Waals surface area contributed by atoms with Crippen LogP contribution in [0.25, 0.3) is 10.8 Å². The smallest absolute Gasteiger partial charge is 0.193 e. The SMILES string of the molecule is CN=C(NCC(c1cnn(C)c1)N(C)C)N1CCN(Cc2cccc3ccccc23)CC1. The summed E-state index contributed by atoms with van der Waals surface area (Å²) in [4.78, 5) is 11.7. The summed E-state index contributed by atoms with van der Waals surface area (Å²) >= 11 is 0. The Balaban J connectivity index is 1.33. The lowest BCUT2D eigenvalue weighted by Crippen LogP contribution is -2.53. The second-order valence-electron chi connectivity index (χ2n) is 8.76. The average Bonchev–Trinajstić information content (AvgIpc) is 3.23. The zero-order chi connectivity index (χ0) is 22.5. The van der Waals surface area contributed by atoms with Gasteiger partial charge in [0, 0.05) is 65.1 Å². The summed E-state index contributed by atoms with van der Waals surface area (Å²) in [5.41, 5.74) is 2.62. The minimum absolute atomic E-state index is 0.244. The van der Waals surface area contributed by atoms with Gasteiger partial charge in [-0.05, 0) is 30.4 Å². The standard InChI is InChI=1S/C25H35N7/c1-26-25(27-17-24(29(2)3)22-16-28-30(4)18-22)32-14-12-31(13-15-32)19-21-10-7-9-20-8-5-6-11-23(20)21/h5-11,16,18,24H,12-15,17,19H2,1-4H3,(H,26,27). The normalized spacial score (nSPS) is 16.7. The first-order chi connectivity index (χ1) is 15.5. The van der Waals surface area contributed by atoms with Gasteiger partial charge >= 0.3 is 0 Å². The highest BCUT2D eigenvalue weighted by Crippen LogP contribution is 2.21. The third kappa shape index (κ3) is 5.11. The Kier molecular flexibility index (Phi) is 7.07. The van der Waals surface area contributed by atoms with Gasteiger partial charge in [-0.15, -0.1) is 0 Å². The van der Waals surface area contributed by atoms with Crippen LogP contribution in [0.3, 0.4) is 0 Å². The molecule has 0 radical (unpaired) electrons. The van der Waals surface area contributed by atoms with Crippen molar-refractivity contribution in [2.45, 2.75) is 12.6 Å². The molecular formula is C25H35N7. The Morgan fingerprint density at radius 3 is 2.53 bits per heavy atom. The molecule has 4 rings (SSSR count). The number of nitrogens with zero attached hydrogens (tertiary/aromatic N) is 6. The van der Waals surface area contributed by atoms with Crippen molar-refractivity contribution in [3.05, 3.63) is 66.0 Å². The molecule has 170 valence electrons. The number of benzene rings is 2. The number of aliphatic imine (C=N–C) groups is 1. The first kappa shape index (κ1) is 22.3. The van der Waals surface area contributed by atoms with E-state index in [4.69, 9.17) is 0 Å². The fourth-order valence-electron chi connectivity index (χ4n) is 4.52. The maximum absolute atomic E-state index is 4.57. The van der Waals surface area contributed by atoms with Crippen molar-refractivity contribution in [1.29, 1.82) is 0 Å². The van der Waals surface area contributed by atoms with E-state index in [0.29, 0.717) is 0 Å². The van der Waals surface area contributed by atoms with Crippen molar-refractivity contribution in [3.8, 4) is 0 Å². The molecule has 1 aromatic heterocycles. The van der Waals surface area contributed by atoms with Gasteiger partial charge in [-0.3, -0.25) is 14.6 Å². The third-order valence-electron chi connectivity index (χ3n) is 6.34. The molecule has 1 atom stereocenters. The summed E-state index contributed by atoms with van der Waals surface area (Å²) in [6.45, 7) is 5.80. The molecule has 1 aliphatic rings. The fourth-order valence-corrected chi connectivity index (χ4v) is 4.52. The van der Waals surface area contributed by atoms with Crippen molar-refractivity contribution >= 4 is 16.7 Å². The number of hydrogen-bond donors (Lipinski definition) is 1. The summed E-state index contributed by atoms with van der Waals surface area (Å²) < 4.78 is 1.86. The predicted molar refractivity (Wildman–Crippen MR) is 132 cm³/mol. The van der Waals surface area contributed by atoms with Gasteiger partial charge in [-0.2, -0.15) is 5.10 Å². The first-order valence-corrected chi connectivity index (χ1v) is 11.3. The van der Waals surface area contributed by atoms with Gasteiger partial charge in [0.05, 0.1) is 12.2 Å². The van der Waals surface area contributed by atoms with Crippen LogP contribution in [0.1, 0.15) is 17.2 Å². The summed E-state index contributed by atoms with van der Waals surface area (Å²) in [5.74, 6) is 0.977. The fraction of sp³-hybridized carbons (Fsp3) is 0.440. The molecule has 0 spiro atoms. The van der Waals surface area contributed by atoms with Crippen molar-refractivity contribution in [2.24, 2.45) is 12.0 Å². The number of aromatic nitrogens is 2. The van der Waals surface area contributed by atoms with E-state index < -0.39 is 0 Å². The van der Waals surface area contributed by atoms with Crippen LogP contribution in [0.15, 0.2) is 59.9 Å². The Morgan fingerprint density at radius 1 is 1.09 bits per heavy atom. The van der Waals surface area contributed by atoms with Gasteiger partial charge in [-0.25, -0.2) is 0 Å². The van der Waals surface area contributed by atoms with Gasteiger partial charge < -0.3 is 15.1 Å². The van der Waals surface area contributed by atoms with Crippen molar-refractivity contribution in [1.82, 2.24) is 29.8 Å². The topological polar surface area (TPSA) is 51.9 Å². The van der Waals surface area contributed by atoms with Crippen LogP contribution in [-0.4, -0.2) is 84.3 Å². The molecule has 1 fully saturated rings. The van der Waals surface area contributed by atoms with Crippen LogP contribution < -0.4 is 5.32 Å². The van der Waals surface area contributed by atoms with Gasteiger partial charge in [0.1, 0.15) is 0 Å². The van der Waals surface area contributed by atoms with Crippen LogP contribution in [0, 0.1) is 0 Å². The maximum Gasteiger partial charge on any atom is 0.193 e. The van der Waals surface area contributed by atoms with Crippen LogP contribution in [0.4, 0.5) is 0 Å². The zero-order valence-electron chi connectivity index (χ0n) is 19.7. The van der Waals surface area contributed by atoms with Crippen LogP contribution in [-0.2, 0) is 13.6 Å². The largest absolute Gasteiger partial charge is 0.354 e. The van der Waals surface area contributed by atoms with E-state index in [1.807, 2.05) is 25.0 Å². The molecule has 2 aromatic carbocycles. The third-order valence-corrected chi connectivity index (χ3v) is 6.34. The van der Waals surface area contributed by atoms with Crippen LogP contribution in [0.2, 0.25) is 0 Å². The second kappa shape index (κ2) is 10.1. The van der Waals surface area contributed by atoms with Crippen molar-refractivity contribution < 1.29 is 0 Å². The summed E-state index contributed by atoms with van der Waals surface area (Å²) in [6.07, 6.45) is 4.03. The quantitative estimate of drug-likeness (QED) is 0.478. The molecule has 1 N–H and O–H groups in total. The highest BCUT2D eigenvalue weighted by molar-refractivity contribution is 5.85. The molecule has 0 bridgehead atoms. The van der Waals surface area contributed by atoms with E-state index in [1.54, 1.807) is 0 Å². The minimum Gasteiger partial charge on any atom is -0.354 e. The van der Waals surface area contributed by atoms with E-state index in [9.17, 15) is 0 Å².